The Balaban J connectivity index is 1.94. The van der Waals surface area contributed by atoms with Crippen LogP contribution in [0.5, 0.6) is 0 Å². The van der Waals surface area contributed by atoms with Crippen LogP contribution in [0.4, 0.5) is 4.39 Å². The molecule has 0 saturated carbocycles. The lowest BCUT2D eigenvalue weighted by molar-refractivity contribution is 0.113. The van der Waals surface area contributed by atoms with Gasteiger partial charge in [0.05, 0.1) is 11.9 Å². The summed E-state index contributed by atoms with van der Waals surface area (Å²) in [5.41, 5.74) is 1.84. The minimum atomic E-state index is -0.253. The van der Waals surface area contributed by atoms with E-state index in [0.29, 0.717) is 6.54 Å². The van der Waals surface area contributed by atoms with Crippen LogP contribution in [0.3, 0.4) is 0 Å². The molecule has 0 spiro atoms. The van der Waals surface area contributed by atoms with E-state index in [1.54, 1.807) is 23.0 Å². The predicted octanol–water partition coefficient (Wildman–Crippen LogP) is 2.90. The molecule has 0 unspecified atom stereocenters. The average Bonchev–Trinajstić information content (AvgIpc) is 3.02. The van der Waals surface area contributed by atoms with Gasteiger partial charge in [0, 0.05) is 36.9 Å². The number of benzene rings is 1. The van der Waals surface area contributed by atoms with Crippen LogP contribution in [0.15, 0.2) is 36.7 Å². The van der Waals surface area contributed by atoms with E-state index in [4.69, 9.17) is 0 Å². The first-order valence-corrected chi connectivity index (χ1v) is 7.73. The van der Waals surface area contributed by atoms with Crippen molar-refractivity contribution in [1.29, 1.82) is 0 Å². The van der Waals surface area contributed by atoms with Crippen LogP contribution < -0.4 is 5.32 Å². The zero-order valence-corrected chi connectivity index (χ0v) is 13.2. The lowest BCUT2D eigenvalue weighted by Gasteiger charge is -2.29. The van der Waals surface area contributed by atoms with E-state index in [1.165, 1.54) is 12.1 Å². The third-order valence-electron chi connectivity index (χ3n) is 4.39. The minimum absolute atomic E-state index is 0.0487. The van der Waals surface area contributed by atoms with E-state index in [2.05, 4.69) is 24.3 Å². The molecule has 0 amide bonds. The van der Waals surface area contributed by atoms with Gasteiger partial charge >= 0.3 is 0 Å². The highest BCUT2D eigenvalue weighted by Gasteiger charge is 2.24. The van der Waals surface area contributed by atoms with Crippen molar-refractivity contribution in [2.45, 2.75) is 33.2 Å². The Morgan fingerprint density at radius 3 is 2.50 bits per heavy atom. The van der Waals surface area contributed by atoms with Crippen LogP contribution in [-0.4, -0.2) is 28.0 Å². The molecule has 4 nitrogen and oxygen atoms in total. The number of hydrogen-bond acceptors (Lipinski definition) is 3. The number of nitrogens with one attached hydrogen (secondary N) is 1. The Kier molecular flexibility index (Phi) is 5.69. The second-order valence-corrected chi connectivity index (χ2v) is 5.74. The summed E-state index contributed by atoms with van der Waals surface area (Å²) in [5, 5.41) is 17.3. The average molecular weight is 305 g/mol. The molecule has 0 saturated heterocycles. The molecule has 1 aromatic heterocycles. The largest absolute Gasteiger partial charge is 0.396 e. The molecule has 0 fully saturated rings. The molecule has 0 radical (unpaired) electrons. The van der Waals surface area contributed by atoms with Crippen LogP contribution in [0.1, 0.15) is 32.3 Å². The number of aliphatic hydroxyl groups excluding tert-OH is 1. The molecule has 2 rings (SSSR count). The molecular formula is C17H24FN3O. The fraction of sp³-hybridized carbons (Fsp3) is 0.471. The molecule has 0 atom stereocenters. The summed E-state index contributed by atoms with van der Waals surface area (Å²) < 4.78 is 14.7. The normalized spacial score (nSPS) is 11.8. The van der Waals surface area contributed by atoms with Gasteiger partial charge in [0.25, 0.3) is 0 Å². The molecule has 1 heterocycles. The van der Waals surface area contributed by atoms with E-state index in [1.807, 2.05) is 6.20 Å². The summed E-state index contributed by atoms with van der Waals surface area (Å²) in [6, 6.07) is 6.25. The smallest absolute Gasteiger partial charge is 0.123 e. The maximum atomic E-state index is 12.9. The molecule has 0 aliphatic heterocycles. The van der Waals surface area contributed by atoms with Crippen molar-refractivity contribution in [1.82, 2.24) is 15.1 Å². The van der Waals surface area contributed by atoms with E-state index < -0.39 is 0 Å². The molecule has 0 aliphatic carbocycles. The molecule has 2 aromatic rings. The molecule has 120 valence electrons. The number of aliphatic hydroxyl groups is 1. The van der Waals surface area contributed by atoms with Crippen LogP contribution in [-0.2, 0) is 6.54 Å². The summed E-state index contributed by atoms with van der Waals surface area (Å²) in [5.74, 6) is -0.253. The van der Waals surface area contributed by atoms with E-state index >= 15 is 0 Å². The molecule has 1 aromatic carbocycles. The number of rotatable bonds is 8. The van der Waals surface area contributed by atoms with Crippen LogP contribution >= 0.6 is 0 Å². The Hall–Kier alpha value is -1.72. The standard InChI is InChI=1S/C17H24FN3O/c1-3-17(4-2,13-22)12-19-9-14-10-20-21(11-14)16-7-5-15(18)6-8-16/h5-8,10-11,19,22H,3-4,9,12-13H2,1-2H3. The molecule has 22 heavy (non-hydrogen) atoms. The molecule has 5 heteroatoms. The van der Waals surface area contributed by atoms with Crippen molar-refractivity contribution in [3.63, 3.8) is 0 Å². The first-order valence-electron chi connectivity index (χ1n) is 7.73. The van der Waals surface area contributed by atoms with Gasteiger partial charge in [-0.1, -0.05) is 13.8 Å². The highest BCUT2D eigenvalue weighted by atomic mass is 19.1. The first-order chi connectivity index (χ1) is 10.6. The molecule has 2 N–H and O–H groups in total. The third kappa shape index (κ3) is 3.93. The van der Waals surface area contributed by atoms with E-state index in [0.717, 1.165) is 30.6 Å². The fourth-order valence-corrected chi connectivity index (χ4v) is 2.44. The van der Waals surface area contributed by atoms with Crippen molar-refractivity contribution >= 4 is 0 Å². The Morgan fingerprint density at radius 2 is 1.91 bits per heavy atom. The summed E-state index contributed by atoms with van der Waals surface area (Å²) in [7, 11) is 0. The summed E-state index contributed by atoms with van der Waals surface area (Å²) >= 11 is 0. The molecular weight excluding hydrogens is 281 g/mol. The highest BCUT2D eigenvalue weighted by molar-refractivity contribution is 5.31. The van der Waals surface area contributed by atoms with Gasteiger partial charge < -0.3 is 10.4 Å². The van der Waals surface area contributed by atoms with Gasteiger partial charge in [-0.3, -0.25) is 0 Å². The summed E-state index contributed by atoms with van der Waals surface area (Å²) in [6.07, 6.45) is 5.62. The second-order valence-electron chi connectivity index (χ2n) is 5.74. The van der Waals surface area contributed by atoms with Gasteiger partial charge in [-0.05, 0) is 37.1 Å². The third-order valence-corrected chi connectivity index (χ3v) is 4.39. The van der Waals surface area contributed by atoms with E-state index in [9.17, 15) is 9.50 Å². The highest BCUT2D eigenvalue weighted by Crippen LogP contribution is 2.24. The minimum Gasteiger partial charge on any atom is -0.396 e. The maximum absolute atomic E-state index is 12.9. The van der Waals surface area contributed by atoms with E-state index in [-0.39, 0.29) is 17.8 Å². The topological polar surface area (TPSA) is 50.1 Å². The van der Waals surface area contributed by atoms with Gasteiger partial charge in [0.2, 0.25) is 0 Å². The van der Waals surface area contributed by atoms with Crippen molar-refractivity contribution < 1.29 is 9.50 Å². The predicted molar refractivity (Wildman–Crippen MR) is 85.3 cm³/mol. The zero-order valence-electron chi connectivity index (χ0n) is 13.2. The SMILES string of the molecule is CCC(CC)(CO)CNCc1cnn(-c2ccc(F)cc2)c1. The molecule has 0 aliphatic rings. The maximum Gasteiger partial charge on any atom is 0.123 e. The lowest BCUT2D eigenvalue weighted by atomic mass is 9.83. The molecule has 0 bridgehead atoms. The Bertz CT molecular complexity index is 568. The van der Waals surface area contributed by atoms with Crippen LogP contribution in [0.2, 0.25) is 0 Å². The summed E-state index contributed by atoms with van der Waals surface area (Å²) in [4.78, 5) is 0. The second kappa shape index (κ2) is 7.51. The van der Waals surface area contributed by atoms with Gasteiger partial charge in [-0.2, -0.15) is 5.10 Å². The number of halogens is 1. The lowest BCUT2D eigenvalue weighted by Crippen LogP contribution is -2.36. The van der Waals surface area contributed by atoms with Gasteiger partial charge in [0.1, 0.15) is 5.82 Å². The zero-order chi connectivity index (χ0) is 16.0. The fourth-order valence-electron chi connectivity index (χ4n) is 2.44. The van der Waals surface area contributed by atoms with Gasteiger partial charge in [-0.25, -0.2) is 9.07 Å². The van der Waals surface area contributed by atoms with Crippen LogP contribution in [0, 0.1) is 11.2 Å². The van der Waals surface area contributed by atoms with Crippen molar-refractivity contribution in [3.8, 4) is 5.69 Å². The monoisotopic (exact) mass is 305 g/mol. The van der Waals surface area contributed by atoms with Crippen LogP contribution in [0.25, 0.3) is 5.69 Å². The number of aromatic nitrogens is 2. The van der Waals surface area contributed by atoms with Crippen molar-refractivity contribution in [2.24, 2.45) is 5.41 Å². The van der Waals surface area contributed by atoms with Crippen molar-refractivity contribution in [2.75, 3.05) is 13.2 Å². The van der Waals surface area contributed by atoms with Crippen molar-refractivity contribution in [3.05, 3.63) is 48.0 Å². The number of hydrogen-bond donors (Lipinski definition) is 2. The van der Waals surface area contributed by atoms with Gasteiger partial charge in [0.15, 0.2) is 0 Å². The Morgan fingerprint density at radius 1 is 1.23 bits per heavy atom. The van der Waals surface area contributed by atoms with Gasteiger partial charge in [-0.15, -0.1) is 0 Å². The number of nitrogens with zero attached hydrogens (tertiary/aromatic N) is 2. The first kappa shape index (κ1) is 16.6. The Labute approximate surface area is 131 Å². The summed E-state index contributed by atoms with van der Waals surface area (Å²) in [6.45, 7) is 5.88. The quantitative estimate of drug-likeness (QED) is 0.788.